The minimum atomic E-state index is 0.563. The highest BCUT2D eigenvalue weighted by molar-refractivity contribution is 6.31. The molecule has 1 aromatic heterocycles. The maximum Gasteiger partial charge on any atom is 0.119 e. The van der Waals surface area contributed by atoms with Gasteiger partial charge in [0, 0.05) is 6.20 Å². The molecule has 0 aliphatic carbocycles. The van der Waals surface area contributed by atoms with Crippen LogP contribution in [0.15, 0.2) is 30.5 Å². The SMILES string of the molecule is Cc1nn(CCOc2ccc(CCN)cc2)cc1Cl. The van der Waals surface area contributed by atoms with E-state index in [1.54, 1.807) is 4.68 Å². The summed E-state index contributed by atoms with van der Waals surface area (Å²) in [7, 11) is 0. The molecule has 102 valence electrons. The molecular weight excluding hydrogens is 262 g/mol. The zero-order chi connectivity index (χ0) is 13.7. The number of nitrogens with zero attached hydrogens (tertiary/aromatic N) is 2. The zero-order valence-corrected chi connectivity index (χ0v) is 11.7. The predicted octanol–water partition coefficient (Wildman–Crippen LogP) is 2.43. The Balaban J connectivity index is 1.82. The molecule has 0 unspecified atom stereocenters. The predicted molar refractivity (Wildman–Crippen MR) is 76.7 cm³/mol. The number of aromatic nitrogens is 2. The van der Waals surface area contributed by atoms with Crippen molar-refractivity contribution in [3.05, 3.63) is 46.7 Å². The number of hydrogen-bond acceptors (Lipinski definition) is 3. The summed E-state index contributed by atoms with van der Waals surface area (Å²) in [6.45, 7) is 3.79. The second-order valence-corrected chi connectivity index (χ2v) is 4.76. The Bertz CT molecular complexity index is 502. The third-order valence-corrected chi connectivity index (χ3v) is 3.20. The summed E-state index contributed by atoms with van der Waals surface area (Å²) in [6.07, 6.45) is 2.70. The molecule has 0 spiro atoms. The van der Waals surface area contributed by atoms with E-state index in [1.165, 1.54) is 5.56 Å². The topological polar surface area (TPSA) is 53.1 Å². The number of benzene rings is 1. The number of ether oxygens (including phenoxy) is 1. The Kier molecular flexibility index (Phi) is 4.82. The van der Waals surface area contributed by atoms with Crippen LogP contribution in [-0.4, -0.2) is 22.9 Å². The number of rotatable bonds is 6. The molecule has 4 nitrogen and oxygen atoms in total. The van der Waals surface area contributed by atoms with E-state index in [-0.39, 0.29) is 0 Å². The molecular formula is C14H18ClN3O. The van der Waals surface area contributed by atoms with Gasteiger partial charge in [-0.15, -0.1) is 0 Å². The van der Waals surface area contributed by atoms with Crippen LogP contribution in [0.5, 0.6) is 5.75 Å². The Morgan fingerprint density at radius 2 is 2.05 bits per heavy atom. The summed E-state index contributed by atoms with van der Waals surface area (Å²) in [5.41, 5.74) is 7.57. The molecule has 0 saturated carbocycles. The molecule has 0 amide bonds. The van der Waals surface area contributed by atoms with Crippen molar-refractivity contribution in [1.82, 2.24) is 9.78 Å². The van der Waals surface area contributed by atoms with Crippen molar-refractivity contribution < 1.29 is 4.74 Å². The summed E-state index contributed by atoms with van der Waals surface area (Å²) in [5, 5.41) is 4.96. The quantitative estimate of drug-likeness (QED) is 0.883. The highest BCUT2D eigenvalue weighted by Gasteiger charge is 2.01. The van der Waals surface area contributed by atoms with Gasteiger partial charge in [0.15, 0.2) is 0 Å². The fourth-order valence-electron chi connectivity index (χ4n) is 1.78. The molecule has 2 N–H and O–H groups in total. The van der Waals surface area contributed by atoms with E-state index in [1.807, 2.05) is 37.4 Å². The molecule has 0 atom stereocenters. The Hall–Kier alpha value is -1.52. The highest BCUT2D eigenvalue weighted by Crippen LogP contribution is 2.14. The summed E-state index contributed by atoms with van der Waals surface area (Å²) in [5.74, 6) is 0.857. The Morgan fingerprint density at radius 1 is 1.32 bits per heavy atom. The molecule has 0 aliphatic heterocycles. The van der Waals surface area contributed by atoms with Crippen LogP contribution in [0.1, 0.15) is 11.3 Å². The summed E-state index contributed by atoms with van der Waals surface area (Å²) < 4.78 is 7.45. The lowest BCUT2D eigenvalue weighted by Crippen LogP contribution is -2.08. The minimum absolute atomic E-state index is 0.563. The van der Waals surface area contributed by atoms with Crippen molar-refractivity contribution in [2.75, 3.05) is 13.2 Å². The van der Waals surface area contributed by atoms with Gasteiger partial charge in [-0.25, -0.2) is 0 Å². The number of hydrogen-bond donors (Lipinski definition) is 1. The largest absolute Gasteiger partial charge is 0.492 e. The Labute approximate surface area is 118 Å². The third-order valence-electron chi connectivity index (χ3n) is 2.83. The van der Waals surface area contributed by atoms with Gasteiger partial charge in [-0.2, -0.15) is 5.10 Å². The fraction of sp³-hybridized carbons (Fsp3) is 0.357. The molecule has 2 aromatic rings. The second kappa shape index (κ2) is 6.59. The van der Waals surface area contributed by atoms with Gasteiger partial charge in [0.1, 0.15) is 12.4 Å². The highest BCUT2D eigenvalue weighted by atomic mass is 35.5. The van der Waals surface area contributed by atoms with Gasteiger partial charge in [-0.1, -0.05) is 23.7 Å². The van der Waals surface area contributed by atoms with Crippen molar-refractivity contribution in [3.8, 4) is 5.75 Å². The van der Waals surface area contributed by atoms with Gasteiger partial charge in [0.25, 0.3) is 0 Å². The molecule has 0 fully saturated rings. The molecule has 2 rings (SSSR count). The summed E-state index contributed by atoms with van der Waals surface area (Å²) in [4.78, 5) is 0. The number of aryl methyl sites for hydroxylation is 1. The summed E-state index contributed by atoms with van der Waals surface area (Å²) in [6, 6.07) is 8.01. The molecule has 5 heteroatoms. The lowest BCUT2D eigenvalue weighted by atomic mass is 10.1. The van der Waals surface area contributed by atoms with E-state index < -0.39 is 0 Å². The first-order valence-electron chi connectivity index (χ1n) is 6.30. The number of halogens is 1. The van der Waals surface area contributed by atoms with E-state index in [9.17, 15) is 0 Å². The minimum Gasteiger partial charge on any atom is -0.492 e. The second-order valence-electron chi connectivity index (χ2n) is 4.36. The van der Waals surface area contributed by atoms with E-state index in [2.05, 4.69) is 5.10 Å². The van der Waals surface area contributed by atoms with Gasteiger partial charge in [0.2, 0.25) is 0 Å². The standard InChI is InChI=1S/C14H18ClN3O/c1-11-14(15)10-18(17-11)8-9-19-13-4-2-12(3-5-13)6-7-16/h2-5,10H,6-9,16H2,1H3. The van der Waals surface area contributed by atoms with Crippen LogP contribution in [0, 0.1) is 6.92 Å². The maximum atomic E-state index is 5.94. The van der Waals surface area contributed by atoms with Crippen LogP contribution in [0.25, 0.3) is 0 Å². The molecule has 0 aliphatic rings. The van der Waals surface area contributed by atoms with Gasteiger partial charge in [-0.05, 0) is 37.6 Å². The van der Waals surface area contributed by atoms with Gasteiger partial charge in [0.05, 0.1) is 17.3 Å². The van der Waals surface area contributed by atoms with E-state index in [4.69, 9.17) is 22.1 Å². The number of nitrogens with two attached hydrogens (primary N) is 1. The van der Waals surface area contributed by atoms with E-state index >= 15 is 0 Å². The average molecular weight is 280 g/mol. The van der Waals surface area contributed by atoms with E-state index in [0.29, 0.717) is 24.7 Å². The van der Waals surface area contributed by atoms with Crippen molar-refractivity contribution >= 4 is 11.6 Å². The van der Waals surface area contributed by atoms with Crippen LogP contribution in [0.4, 0.5) is 0 Å². The van der Waals surface area contributed by atoms with Crippen LogP contribution >= 0.6 is 11.6 Å². The van der Waals surface area contributed by atoms with Crippen molar-refractivity contribution in [3.63, 3.8) is 0 Å². The first-order valence-corrected chi connectivity index (χ1v) is 6.68. The van der Waals surface area contributed by atoms with Crippen molar-refractivity contribution in [2.24, 2.45) is 5.73 Å². The molecule has 1 heterocycles. The molecule has 0 radical (unpaired) electrons. The van der Waals surface area contributed by atoms with Crippen LogP contribution in [-0.2, 0) is 13.0 Å². The van der Waals surface area contributed by atoms with Crippen LogP contribution in [0.2, 0.25) is 5.02 Å². The van der Waals surface area contributed by atoms with Crippen LogP contribution in [0.3, 0.4) is 0 Å². The molecule has 19 heavy (non-hydrogen) atoms. The Morgan fingerprint density at radius 3 is 2.63 bits per heavy atom. The lowest BCUT2D eigenvalue weighted by molar-refractivity contribution is 0.291. The lowest BCUT2D eigenvalue weighted by Gasteiger charge is -2.07. The van der Waals surface area contributed by atoms with Gasteiger partial charge in [-0.3, -0.25) is 4.68 Å². The molecule has 0 saturated heterocycles. The zero-order valence-electron chi connectivity index (χ0n) is 11.0. The third kappa shape index (κ3) is 3.98. The summed E-state index contributed by atoms with van der Waals surface area (Å²) >= 11 is 5.94. The van der Waals surface area contributed by atoms with Crippen LogP contribution < -0.4 is 10.5 Å². The molecule has 0 bridgehead atoms. The van der Waals surface area contributed by atoms with Gasteiger partial charge < -0.3 is 10.5 Å². The molecule has 1 aromatic carbocycles. The van der Waals surface area contributed by atoms with E-state index in [0.717, 1.165) is 17.9 Å². The fourth-order valence-corrected chi connectivity index (χ4v) is 1.93. The maximum absolute atomic E-state index is 5.94. The first kappa shape index (κ1) is 13.9. The normalized spacial score (nSPS) is 10.7. The monoisotopic (exact) mass is 279 g/mol. The van der Waals surface area contributed by atoms with Crippen molar-refractivity contribution in [2.45, 2.75) is 19.9 Å². The average Bonchev–Trinajstić information content (AvgIpc) is 2.71. The smallest absolute Gasteiger partial charge is 0.119 e. The first-order chi connectivity index (χ1) is 9.19. The van der Waals surface area contributed by atoms with Crippen molar-refractivity contribution in [1.29, 1.82) is 0 Å². The van der Waals surface area contributed by atoms with Gasteiger partial charge >= 0.3 is 0 Å².